The van der Waals surface area contributed by atoms with E-state index < -0.39 is 10.0 Å². The molecule has 134 valence electrons. The van der Waals surface area contributed by atoms with Crippen LogP contribution in [-0.2, 0) is 10.0 Å². The molecule has 0 radical (unpaired) electrons. The monoisotopic (exact) mass is 353 g/mol. The van der Waals surface area contributed by atoms with E-state index in [1.807, 2.05) is 0 Å². The summed E-state index contributed by atoms with van der Waals surface area (Å²) < 4.78 is 25.2. The maximum absolute atomic E-state index is 12.2. The molecule has 1 unspecified atom stereocenters. The maximum atomic E-state index is 12.2. The second-order valence-electron chi connectivity index (χ2n) is 6.47. The van der Waals surface area contributed by atoms with Crippen molar-refractivity contribution in [1.29, 1.82) is 0 Å². The van der Waals surface area contributed by atoms with Gasteiger partial charge in [0.25, 0.3) is 5.91 Å². The number of nitrogens with one attached hydrogen (secondary N) is 1. The fraction of sp³-hybridized carbons (Fsp3) is 0.588. The molecule has 0 aromatic heterocycles. The second-order valence-corrected chi connectivity index (χ2v) is 8.62. The third-order valence-corrected chi connectivity index (χ3v) is 6.30. The minimum absolute atomic E-state index is 0.173. The number of sulfonamides is 1. The highest BCUT2D eigenvalue weighted by molar-refractivity contribution is 7.89. The smallest absolute Gasteiger partial charge is 0.251 e. The fourth-order valence-corrected chi connectivity index (χ4v) is 3.72. The Labute approximate surface area is 144 Å². The van der Waals surface area contributed by atoms with Gasteiger partial charge >= 0.3 is 0 Å². The molecule has 0 bridgehead atoms. The molecule has 1 fully saturated rings. The van der Waals surface area contributed by atoms with E-state index in [9.17, 15) is 13.2 Å². The minimum Gasteiger partial charge on any atom is -0.350 e. The number of likely N-dealkylation sites (tertiary alicyclic amines) is 1. The Morgan fingerprint density at radius 2 is 1.75 bits per heavy atom. The highest BCUT2D eigenvalue weighted by Crippen LogP contribution is 2.14. The number of carbonyl (C=O) groups excluding carboxylic acids is 1. The molecule has 1 aromatic carbocycles. The molecule has 1 heterocycles. The van der Waals surface area contributed by atoms with Crippen LogP contribution in [0, 0.1) is 0 Å². The highest BCUT2D eigenvalue weighted by atomic mass is 32.2. The lowest BCUT2D eigenvalue weighted by Crippen LogP contribution is -2.44. The SMILES string of the molecule is CC(CNC(=O)c1ccc(S(=O)(=O)N(C)C)cc1)N1CCCCC1. The molecular formula is C17H27N3O3S. The lowest BCUT2D eigenvalue weighted by Gasteiger charge is -2.32. The van der Waals surface area contributed by atoms with E-state index in [0.29, 0.717) is 18.2 Å². The van der Waals surface area contributed by atoms with Crippen LogP contribution >= 0.6 is 0 Å². The normalized spacial score (nSPS) is 17.7. The fourth-order valence-electron chi connectivity index (χ4n) is 2.82. The summed E-state index contributed by atoms with van der Waals surface area (Å²) in [5, 5.41) is 2.94. The van der Waals surface area contributed by atoms with Crippen molar-refractivity contribution in [2.24, 2.45) is 0 Å². The molecule has 0 spiro atoms. The molecular weight excluding hydrogens is 326 g/mol. The van der Waals surface area contributed by atoms with E-state index in [1.54, 1.807) is 12.1 Å². The summed E-state index contributed by atoms with van der Waals surface area (Å²) >= 11 is 0. The molecule has 0 aliphatic carbocycles. The Bertz CT molecular complexity index is 650. The third-order valence-electron chi connectivity index (χ3n) is 4.47. The Balaban J connectivity index is 1.93. The molecule has 1 aliphatic heterocycles. The van der Waals surface area contributed by atoms with Gasteiger partial charge in [0, 0.05) is 32.2 Å². The number of hydrogen-bond donors (Lipinski definition) is 1. The average Bonchev–Trinajstić information content (AvgIpc) is 2.60. The van der Waals surface area contributed by atoms with Crippen molar-refractivity contribution in [2.45, 2.75) is 37.1 Å². The van der Waals surface area contributed by atoms with E-state index in [4.69, 9.17) is 0 Å². The first-order valence-electron chi connectivity index (χ1n) is 8.37. The number of amides is 1. The Morgan fingerprint density at radius 1 is 1.17 bits per heavy atom. The molecule has 24 heavy (non-hydrogen) atoms. The van der Waals surface area contributed by atoms with Crippen LogP contribution in [0.4, 0.5) is 0 Å². The average molecular weight is 353 g/mol. The molecule has 1 amide bonds. The number of carbonyl (C=O) groups is 1. The molecule has 1 atom stereocenters. The van der Waals surface area contributed by atoms with E-state index in [1.165, 1.54) is 45.5 Å². The van der Waals surface area contributed by atoms with Gasteiger partial charge in [0.2, 0.25) is 10.0 Å². The zero-order valence-electron chi connectivity index (χ0n) is 14.7. The molecule has 1 aromatic rings. The van der Waals surface area contributed by atoms with E-state index in [0.717, 1.165) is 17.4 Å². The van der Waals surface area contributed by atoms with Crippen LogP contribution in [0.3, 0.4) is 0 Å². The topological polar surface area (TPSA) is 69.7 Å². The van der Waals surface area contributed by atoms with Crippen LogP contribution in [-0.4, -0.2) is 63.3 Å². The summed E-state index contributed by atoms with van der Waals surface area (Å²) in [6, 6.07) is 6.35. The molecule has 0 saturated carbocycles. The maximum Gasteiger partial charge on any atom is 0.251 e. The van der Waals surface area contributed by atoms with E-state index in [2.05, 4.69) is 17.1 Å². The first-order valence-corrected chi connectivity index (χ1v) is 9.81. The lowest BCUT2D eigenvalue weighted by atomic mass is 10.1. The molecule has 1 N–H and O–H groups in total. The predicted octanol–water partition coefficient (Wildman–Crippen LogP) is 1.54. The number of nitrogens with zero attached hydrogens (tertiary/aromatic N) is 2. The standard InChI is InChI=1S/C17H27N3O3S/c1-14(20-11-5-4-6-12-20)13-18-17(21)15-7-9-16(10-8-15)24(22,23)19(2)3/h7-10,14H,4-6,11-13H2,1-3H3,(H,18,21). The Hall–Kier alpha value is -1.44. The van der Waals surface area contributed by atoms with Crippen molar-refractivity contribution < 1.29 is 13.2 Å². The number of hydrogen-bond acceptors (Lipinski definition) is 4. The van der Waals surface area contributed by atoms with Gasteiger partial charge in [-0.05, 0) is 57.1 Å². The molecule has 2 rings (SSSR count). The van der Waals surface area contributed by atoms with Crippen molar-refractivity contribution in [3.05, 3.63) is 29.8 Å². The summed E-state index contributed by atoms with van der Waals surface area (Å²) in [7, 11) is -0.497. The number of piperidine rings is 1. The van der Waals surface area contributed by atoms with Crippen LogP contribution in [0.5, 0.6) is 0 Å². The van der Waals surface area contributed by atoms with Crippen LogP contribution < -0.4 is 5.32 Å². The summed E-state index contributed by atoms with van der Waals surface area (Å²) in [4.78, 5) is 14.8. The Kier molecular flexibility index (Phi) is 6.37. The van der Waals surface area contributed by atoms with Crippen molar-refractivity contribution in [3.63, 3.8) is 0 Å². The van der Waals surface area contributed by atoms with Gasteiger partial charge in [-0.3, -0.25) is 9.69 Å². The Morgan fingerprint density at radius 3 is 2.29 bits per heavy atom. The highest BCUT2D eigenvalue weighted by Gasteiger charge is 2.19. The van der Waals surface area contributed by atoms with Gasteiger partial charge in [-0.15, -0.1) is 0 Å². The zero-order chi connectivity index (χ0) is 17.7. The van der Waals surface area contributed by atoms with Gasteiger partial charge in [0.15, 0.2) is 0 Å². The van der Waals surface area contributed by atoms with Crippen molar-refractivity contribution >= 4 is 15.9 Å². The quantitative estimate of drug-likeness (QED) is 0.842. The molecule has 7 heteroatoms. The molecule has 6 nitrogen and oxygen atoms in total. The molecule has 1 saturated heterocycles. The number of rotatable bonds is 6. The summed E-state index contributed by atoms with van der Waals surface area (Å²) in [6.07, 6.45) is 3.73. The summed E-state index contributed by atoms with van der Waals surface area (Å²) in [5.74, 6) is -0.173. The van der Waals surface area contributed by atoms with Crippen LogP contribution in [0.1, 0.15) is 36.5 Å². The van der Waals surface area contributed by atoms with Crippen LogP contribution in [0.2, 0.25) is 0 Å². The number of benzene rings is 1. The van der Waals surface area contributed by atoms with Gasteiger partial charge in [0.1, 0.15) is 0 Å². The largest absolute Gasteiger partial charge is 0.350 e. The van der Waals surface area contributed by atoms with Crippen molar-refractivity contribution in [2.75, 3.05) is 33.7 Å². The van der Waals surface area contributed by atoms with Gasteiger partial charge in [-0.25, -0.2) is 12.7 Å². The van der Waals surface area contributed by atoms with Gasteiger partial charge in [0.05, 0.1) is 4.90 Å². The zero-order valence-corrected chi connectivity index (χ0v) is 15.5. The summed E-state index contributed by atoms with van der Waals surface area (Å²) in [5.41, 5.74) is 0.471. The summed E-state index contributed by atoms with van der Waals surface area (Å²) in [6.45, 7) is 4.90. The second kappa shape index (κ2) is 8.09. The first-order chi connectivity index (χ1) is 11.3. The lowest BCUT2D eigenvalue weighted by molar-refractivity contribution is 0.0930. The molecule has 1 aliphatic rings. The first kappa shape index (κ1) is 18.9. The van der Waals surface area contributed by atoms with E-state index in [-0.39, 0.29) is 10.8 Å². The third kappa shape index (κ3) is 4.55. The van der Waals surface area contributed by atoms with Crippen LogP contribution in [0.25, 0.3) is 0 Å². The van der Waals surface area contributed by atoms with Gasteiger partial charge in [-0.2, -0.15) is 0 Å². The van der Waals surface area contributed by atoms with Crippen LogP contribution in [0.15, 0.2) is 29.2 Å². The van der Waals surface area contributed by atoms with Gasteiger partial charge in [-0.1, -0.05) is 6.42 Å². The van der Waals surface area contributed by atoms with Crippen molar-refractivity contribution in [3.8, 4) is 0 Å². The van der Waals surface area contributed by atoms with E-state index >= 15 is 0 Å². The minimum atomic E-state index is -3.46. The van der Waals surface area contributed by atoms with Gasteiger partial charge < -0.3 is 5.32 Å². The predicted molar refractivity (Wildman–Crippen MR) is 94.5 cm³/mol. The van der Waals surface area contributed by atoms with Crippen molar-refractivity contribution in [1.82, 2.24) is 14.5 Å².